The Bertz CT molecular complexity index is 2120. The Hall–Kier alpha value is -6.06. The van der Waals surface area contributed by atoms with Crippen LogP contribution < -0.4 is 14.2 Å². The van der Waals surface area contributed by atoms with Gasteiger partial charge in [0, 0.05) is 33.4 Å². The lowest BCUT2D eigenvalue weighted by molar-refractivity contribution is 0.463. The molecule has 0 saturated heterocycles. The fourth-order valence-electron chi connectivity index (χ4n) is 7.45. The summed E-state index contributed by atoms with van der Waals surface area (Å²) in [5, 5.41) is 0. The van der Waals surface area contributed by atoms with E-state index in [0.717, 1.165) is 102 Å². The summed E-state index contributed by atoms with van der Waals surface area (Å²) in [6, 6.07) is 56.8. The number of benzene rings is 7. The van der Waals surface area contributed by atoms with Crippen LogP contribution in [-0.4, -0.2) is 0 Å². The molecule has 0 spiro atoms. The van der Waals surface area contributed by atoms with Crippen LogP contribution in [0.5, 0.6) is 34.5 Å². The van der Waals surface area contributed by atoms with Crippen LogP contribution in [0.15, 0.2) is 164 Å². The van der Waals surface area contributed by atoms with Crippen LogP contribution in [0.1, 0.15) is 50.1 Å². The van der Waals surface area contributed by atoms with E-state index in [9.17, 15) is 0 Å². The number of rotatable bonds is 3. The summed E-state index contributed by atoms with van der Waals surface area (Å²) in [6.07, 6.45) is 0. The van der Waals surface area contributed by atoms with Gasteiger partial charge in [0.1, 0.15) is 34.5 Å². The molecule has 0 N–H and O–H groups in total. The molecule has 3 heteroatoms. The lowest BCUT2D eigenvalue weighted by Crippen LogP contribution is -2.22. The standard InChI is InChI=1S/C45H27O3/c1-7-22-36-28(14-1)42(29-15-2-8-23-37(29)46-36)34-20-13-21-35(43-30-16-3-9-24-38(30)47-39-25-10-4-17-31(39)43)45(34)44-32-18-5-11-26-40(32)48-41-27-12-6-19-33(41)44/h1-27H. The minimum absolute atomic E-state index is 0.836. The van der Waals surface area contributed by atoms with Crippen LogP contribution in [0.25, 0.3) is 0 Å². The van der Waals surface area contributed by atoms with Gasteiger partial charge in [-0.25, -0.2) is 0 Å². The van der Waals surface area contributed by atoms with Gasteiger partial charge in [0.25, 0.3) is 0 Å². The average Bonchev–Trinajstić information content (AvgIpc) is 3.15. The molecule has 3 heterocycles. The molecule has 0 aromatic heterocycles. The Morgan fingerprint density at radius 1 is 0.208 bits per heavy atom. The number of para-hydroxylation sites is 6. The first-order valence-electron chi connectivity index (χ1n) is 16.2. The average molecular weight is 616 g/mol. The van der Waals surface area contributed by atoms with Gasteiger partial charge in [-0.15, -0.1) is 0 Å². The van der Waals surface area contributed by atoms with Gasteiger partial charge in [-0.05, 0) is 53.1 Å². The molecule has 0 fully saturated rings. The molecule has 0 bridgehead atoms. The van der Waals surface area contributed by atoms with Gasteiger partial charge in [-0.2, -0.15) is 0 Å². The van der Waals surface area contributed by atoms with Crippen molar-refractivity contribution in [3.05, 3.63) is 232 Å². The van der Waals surface area contributed by atoms with Crippen LogP contribution >= 0.6 is 0 Å². The Morgan fingerprint density at radius 2 is 0.438 bits per heavy atom. The van der Waals surface area contributed by atoms with Crippen molar-refractivity contribution in [3.63, 3.8) is 0 Å². The molecule has 0 aliphatic carbocycles. The highest BCUT2D eigenvalue weighted by atomic mass is 16.5. The lowest BCUT2D eigenvalue weighted by atomic mass is 9.69. The zero-order chi connectivity index (χ0) is 31.6. The maximum absolute atomic E-state index is 6.55. The van der Waals surface area contributed by atoms with Gasteiger partial charge in [0.2, 0.25) is 0 Å². The highest BCUT2D eigenvalue weighted by Crippen LogP contribution is 2.56. The van der Waals surface area contributed by atoms with Gasteiger partial charge in [0.05, 0.1) is 17.8 Å². The van der Waals surface area contributed by atoms with Crippen molar-refractivity contribution < 1.29 is 14.2 Å². The van der Waals surface area contributed by atoms with Crippen molar-refractivity contribution in [2.24, 2.45) is 0 Å². The van der Waals surface area contributed by atoms with E-state index >= 15 is 0 Å². The van der Waals surface area contributed by atoms with Crippen molar-refractivity contribution in [2.75, 3.05) is 0 Å². The molecular weight excluding hydrogens is 588 g/mol. The predicted molar refractivity (Wildman–Crippen MR) is 187 cm³/mol. The summed E-state index contributed by atoms with van der Waals surface area (Å²) < 4.78 is 19.5. The van der Waals surface area contributed by atoms with E-state index in [4.69, 9.17) is 14.2 Å². The van der Waals surface area contributed by atoms with Gasteiger partial charge in [-0.1, -0.05) is 127 Å². The summed E-state index contributed by atoms with van der Waals surface area (Å²) >= 11 is 0. The summed E-state index contributed by atoms with van der Waals surface area (Å²) in [5.41, 5.74) is 9.69. The molecule has 0 unspecified atom stereocenters. The van der Waals surface area contributed by atoms with Crippen molar-refractivity contribution in [1.29, 1.82) is 0 Å². The first kappa shape index (κ1) is 27.1. The second-order valence-electron chi connectivity index (χ2n) is 12.1. The predicted octanol–water partition coefficient (Wildman–Crippen LogP) is 11.1. The third-order valence-corrected chi connectivity index (χ3v) is 9.45. The number of ether oxygens (including phenoxy) is 3. The van der Waals surface area contributed by atoms with Crippen LogP contribution in [-0.2, 0) is 0 Å². The highest BCUT2D eigenvalue weighted by Gasteiger charge is 2.40. The van der Waals surface area contributed by atoms with E-state index in [1.54, 1.807) is 0 Å². The highest BCUT2D eigenvalue weighted by molar-refractivity contribution is 5.81. The first-order chi connectivity index (χ1) is 23.8. The van der Waals surface area contributed by atoms with Gasteiger partial charge in [0.15, 0.2) is 0 Å². The fraction of sp³-hybridized carbons (Fsp3) is 0. The molecule has 0 amide bonds. The number of fused-ring (bicyclic) bond motifs is 6. The maximum Gasteiger partial charge on any atom is 0.131 e. The molecular formula is C45H27O3. The molecule has 3 radical (unpaired) electrons. The largest absolute Gasteiger partial charge is 0.457 e. The van der Waals surface area contributed by atoms with Gasteiger partial charge in [-0.3, -0.25) is 0 Å². The fourth-order valence-corrected chi connectivity index (χ4v) is 7.45. The van der Waals surface area contributed by atoms with Crippen molar-refractivity contribution in [2.45, 2.75) is 0 Å². The van der Waals surface area contributed by atoms with E-state index in [0.29, 0.717) is 0 Å². The van der Waals surface area contributed by atoms with E-state index in [1.165, 1.54) is 0 Å². The normalized spacial score (nSPS) is 14.5. The summed E-state index contributed by atoms with van der Waals surface area (Å²) in [7, 11) is 0. The van der Waals surface area contributed by atoms with Crippen molar-refractivity contribution >= 4 is 0 Å². The minimum Gasteiger partial charge on any atom is -0.457 e. The summed E-state index contributed by atoms with van der Waals surface area (Å²) in [6.45, 7) is 0. The second-order valence-corrected chi connectivity index (χ2v) is 12.1. The van der Waals surface area contributed by atoms with Crippen LogP contribution in [0.3, 0.4) is 0 Å². The van der Waals surface area contributed by atoms with Gasteiger partial charge < -0.3 is 14.2 Å². The maximum atomic E-state index is 6.55. The van der Waals surface area contributed by atoms with Crippen LogP contribution in [0.4, 0.5) is 0 Å². The lowest BCUT2D eigenvalue weighted by Gasteiger charge is -2.36. The molecule has 3 nitrogen and oxygen atoms in total. The van der Waals surface area contributed by atoms with E-state index in [2.05, 4.69) is 127 Å². The monoisotopic (exact) mass is 615 g/mol. The SMILES string of the molecule is c1ccc2c(c1)Oc1ccccc1[C]2c1cccc([C]2c3ccccc3Oc3ccccc32)c1[C]1c2ccccc2Oc2ccccc21. The zero-order valence-electron chi connectivity index (χ0n) is 25.8. The van der Waals surface area contributed by atoms with Gasteiger partial charge >= 0.3 is 0 Å². The van der Waals surface area contributed by atoms with Crippen LogP contribution in [0, 0.1) is 17.8 Å². The van der Waals surface area contributed by atoms with Crippen molar-refractivity contribution in [3.8, 4) is 34.5 Å². The Labute approximate surface area is 279 Å². The minimum atomic E-state index is 0.836. The first-order valence-corrected chi connectivity index (χ1v) is 16.2. The molecule has 7 aromatic rings. The number of hydrogen-bond acceptors (Lipinski definition) is 3. The molecule has 48 heavy (non-hydrogen) atoms. The molecule has 3 aliphatic heterocycles. The quantitative estimate of drug-likeness (QED) is 0.198. The summed E-state index contributed by atoms with van der Waals surface area (Å²) in [4.78, 5) is 0. The summed E-state index contributed by atoms with van der Waals surface area (Å²) in [5.74, 6) is 8.43. The Morgan fingerprint density at radius 3 is 0.729 bits per heavy atom. The van der Waals surface area contributed by atoms with E-state index < -0.39 is 0 Å². The molecule has 0 saturated carbocycles. The molecule has 0 atom stereocenters. The smallest absolute Gasteiger partial charge is 0.131 e. The zero-order valence-corrected chi connectivity index (χ0v) is 25.8. The molecule has 3 aliphatic rings. The Balaban J connectivity index is 1.34. The van der Waals surface area contributed by atoms with E-state index in [-0.39, 0.29) is 0 Å². The van der Waals surface area contributed by atoms with Crippen molar-refractivity contribution in [1.82, 2.24) is 0 Å². The topological polar surface area (TPSA) is 27.7 Å². The third-order valence-electron chi connectivity index (χ3n) is 9.45. The molecule has 7 aromatic carbocycles. The molecule has 10 rings (SSSR count). The second kappa shape index (κ2) is 10.8. The number of hydrogen-bond donors (Lipinski definition) is 0. The third kappa shape index (κ3) is 4.07. The molecule has 225 valence electrons. The Kier molecular flexibility index (Phi) is 6.07. The van der Waals surface area contributed by atoms with E-state index in [1.807, 2.05) is 36.4 Å². The van der Waals surface area contributed by atoms with Crippen LogP contribution in [0.2, 0.25) is 0 Å².